The van der Waals surface area contributed by atoms with Gasteiger partial charge in [0, 0.05) is 10.8 Å². The SMILES string of the molecule is CC(C)c1nc(NN)c2c3c(sc2n1)CCC3. The van der Waals surface area contributed by atoms with Gasteiger partial charge < -0.3 is 5.43 Å². The van der Waals surface area contributed by atoms with E-state index in [0.29, 0.717) is 5.92 Å². The van der Waals surface area contributed by atoms with Crippen LogP contribution in [0.1, 0.15) is 42.5 Å². The molecule has 0 radical (unpaired) electrons. The van der Waals surface area contributed by atoms with E-state index in [1.165, 1.54) is 23.3 Å². The molecule has 0 saturated carbocycles. The van der Waals surface area contributed by atoms with Crippen LogP contribution in [-0.2, 0) is 12.8 Å². The lowest BCUT2D eigenvalue weighted by atomic mass is 10.1. The number of nitrogens with zero attached hydrogens (tertiary/aromatic N) is 2. The van der Waals surface area contributed by atoms with Crippen LogP contribution in [0.15, 0.2) is 0 Å². The van der Waals surface area contributed by atoms with Crippen LogP contribution in [0.25, 0.3) is 10.2 Å². The highest BCUT2D eigenvalue weighted by Gasteiger charge is 2.22. The van der Waals surface area contributed by atoms with Crippen molar-refractivity contribution in [3.05, 3.63) is 16.3 Å². The molecule has 0 aliphatic heterocycles. The molecule has 2 heterocycles. The van der Waals surface area contributed by atoms with E-state index >= 15 is 0 Å². The number of hydrogen-bond donors (Lipinski definition) is 2. The molecule has 1 aliphatic carbocycles. The molecule has 0 unspecified atom stereocenters. The van der Waals surface area contributed by atoms with Crippen molar-refractivity contribution in [1.29, 1.82) is 0 Å². The van der Waals surface area contributed by atoms with Gasteiger partial charge in [-0.05, 0) is 24.8 Å². The quantitative estimate of drug-likeness (QED) is 0.633. The van der Waals surface area contributed by atoms with E-state index in [0.717, 1.165) is 28.3 Å². The number of fused-ring (bicyclic) bond motifs is 3. The van der Waals surface area contributed by atoms with Crippen molar-refractivity contribution in [3.8, 4) is 0 Å². The minimum atomic E-state index is 0.323. The third kappa shape index (κ3) is 1.61. The zero-order chi connectivity index (χ0) is 12.0. The molecule has 2 aromatic heterocycles. The summed E-state index contributed by atoms with van der Waals surface area (Å²) in [6.07, 6.45) is 3.55. The van der Waals surface area contributed by atoms with Crippen LogP contribution in [0, 0.1) is 0 Å². The smallest absolute Gasteiger partial charge is 0.152 e. The largest absolute Gasteiger partial charge is 0.308 e. The van der Waals surface area contributed by atoms with E-state index in [1.54, 1.807) is 11.3 Å². The monoisotopic (exact) mass is 248 g/mol. The summed E-state index contributed by atoms with van der Waals surface area (Å²) in [5, 5.41) is 1.15. The maximum Gasteiger partial charge on any atom is 0.152 e. The standard InChI is InChI=1S/C12H16N4S/c1-6(2)10-14-11(16-13)9-7-4-3-5-8(7)17-12(9)15-10/h6H,3-5,13H2,1-2H3,(H,14,15,16). The fourth-order valence-electron chi connectivity index (χ4n) is 2.37. The van der Waals surface area contributed by atoms with Crippen molar-refractivity contribution in [2.24, 2.45) is 5.84 Å². The Bertz CT molecular complexity index is 573. The molecule has 4 nitrogen and oxygen atoms in total. The predicted molar refractivity (Wildman–Crippen MR) is 71.3 cm³/mol. The highest BCUT2D eigenvalue weighted by atomic mass is 32.1. The summed E-state index contributed by atoms with van der Waals surface area (Å²) in [4.78, 5) is 11.7. The average molecular weight is 248 g/mol. The van der Waals surface area contributed by atoms with Gasteiger partial charge in [-0.1, -0.05) is 13.8 Å². The highest BCUT2D eigenvalue weighted by Crippen LogP contribution is 2.39. The molecular formula is C12H16N4S. The van der Waals surface area contributed by atoms with Crippen molar-refractivity contribution < 1.29 is 0 Å². The second-order valence-electron chi connectivity index (χ2n) is 4.77. The van der Waals surface area contributed by atoms with Gasteiger partial charge in [-0.2, -0.15) is 0 Å². The van der Waals surface area contributed by atoms with E-state index in [9.17, 15) is 0 Å². The first kappa shape index (κ1) is 10.9. The van der Waals surface area contributed by atoms with Gasteiger partial charge in [0.2, 0.25) is 0 Å². The van der Waals surface area contributed by atoms with Crippen LogP contribution in [0.4, 0.5) is 5.82 Å². The molecule has 0 spiro atoms. The molecule has 90 valence electrons. The fraction of sp³-hybridized carbons (Fsp3) is 0.500. The number of nitrogen functional groups attached to an aromatic ring is 1. The molecule has 0 aromatic carbocycles. The normalized spacial score (nSPS) is 14.6. The summed E-state index contributed by atoms with van der Waals surface area (Å²) in [7, 11) is 0. The van der Waals surface area contributed by atoms with Gasteiger partial charge in [-0.15, -0.1) is 11.3 Å². The first-order valence-electron chi connectivity index (χ1n) is 5.99. The molecule has 0 fully saturated rings. The maximum atomic E-state index is 5.60. The van der Waals surface area contributed by atoms with Crippen LogP contribution < -0.4 is 11.3 Å². The van der Waals surface area contributed by atoms with Gasteiger partial charge in [-0.3, -0.25) is 0 Å². The number of hydrogen-bond acceptors (Lipinski definition) is 5. The van der Waals surface area contributed by atoms with Crippen LogP contribution in [-0.4, -0.2) is 9.97 Å². The van der Waals surface area contributed by atoms with Crippen molar-refractivity contribution in [2.75, 3.05) is 5.43 Å². The van der Waals surface area contributed by atoms with Gasteiger partial charge in [0.1, 0.15) is 10.7 Å². The second kappa shape index (κ2) is 3.92. The van der Waals surface area contributed by atoms with Crippen LogP contribution >= 0.6 is 11.3 Å². The first-order valence-corrected chi connectivity index (χ1v) is 6.81. The van der Waals surface area contributed by atoms with E-state index < -0.39 is 0 Å². The van der Waals surface area contributed by atoms with E-state index in [1.807, 2.05) is 0 Å². The summed E-state index contributed by atoms with van der Waals surface area (Å²) in [5.74, 6) is 7.58. The molecule has 0 atom stereocenters. The van der Waals surface area contributed by atoms with E-state index in [2.05, 4.69) is 29.2 Å². The summed E-state index contributed by atoms with van der Waals surface area (Å²) in [6, 6.07) is 0. The Hall–Kier alpha value is -1.20. The Morgan fingerprint density at radius 2 is 2.12 bits per heavy atom. The number of nitrogens with two attached hydrogens (primary N) is 1. The summed E-state index contributed by atoms with van der Waals surface area (Å²) < 4.78 is 0. The molecule has 3 rings (SSSR count). The highest BCUT2D eigenvalue weighted by molar-refractivity contribution is 7.19. The number of aromatic nitrogens is 2. The average Bonchev–Trinajstić information content (AvgIpc) is 2.86. The molecule has 5 heteroatoms. The van der Waals surface area contributed by atoms with Crippen molar-refractivity contribution in [3.63, 3.8) is 0 Å². The fourth-order valence-corrected chi connectivity index (χ4v) is 3.64. The molecule has 2 aromatic rings. The van der Waals surface area contributed by atoms with Crippen LogP contribution in [0.2, 0.25) is 0 Å². The molecule has 3 N–H and O–H groups in total. The van der Waals surface area contributed by atoms with Gasteiger partial charge in [0.15, 0.2) is 5.82 Å². The topological polar surface area (TPSA) is 63.8 Å². The summed E-state index contributed by atoms with van der Waals surface area (Å²) in [5.41, 5.74) is 4.15. The van der Waals surface area contributed by atoms with Gasteiger partial charge in [0.05, 0.1) is 5.39 Å². The Labute approximate surface area is 104 Å². The minimum absolute atomic E-state index is 0.323. The Morgan fingerprint density at radius 1 is 1.29 bits per heavy atom. The number of thiophene rings is 1. The van der Waals surface area contributed by atoms with Gasteiger partial charge in [0.25, 0.3) is 0 Å². The third-order valence-electron chi connectivity index (χ3n) is 3.24. The van der Waals surface area contributed by atoms with Gasteiger partial charge in [-0.25, -0.2) is 15.8 Å². The summed E-state index contributed by atoms with van der Waals surface area (Å²) in [6.45, 7) is 4.20. The molecule has 0 bridgehead atoms. The Morgan fingerprint density at radius 3 is 2.82 bits per heavy atom. The van der Waals surface area contributed by atoms with Crippen molar-refractivity contribution >= 4 is 27.4 Å². The lowest BCUT2D eigenvalue weighted by Crippen LogP contribution is -2.11. The molecule has 1 aliphatic rings. The van der Waals surface area contributed by atoms with E-state index in [4.69, 9.17) is 5.84 Å². The number of hydrazine groups is 1. The van der Waals surface area contributed by atoms with Crippen molar-refractivity contribution in [1.82, 2.24) is 9.97 Å². The summed E-state index contributed by atoms with van der Waals surface area (Å²) >= 11 is 1.80. The molecule has 17 heavy (non-hydrogen) atoms. The van der Waals surface area contributed by atoms with Crippen molar-refractivity contribution in [2.45, 2.75) is 39.0 Å². The predicted octanol–water partition coefficient (Wildman–Crippen LogP) is 2.59. The second-order valence-corrected chi connectivity index (χ2v) is 5.85. The Kier molecular flexibility index (Phi) is 2.52. The lowest BCUT2D eigenvalue weighted by Gasteiger charge is -2.08. The van der Waals surface area contributed by atoms with E-state index in [-0.39, 0.29) is 0 Å². The number of rotatable bonds is 2. The minimum Gasteiger partial charge on any atom is -0.308 e. The van der Waals surface area contributed by atoms with Gasteiger partial charge >= 0.3 is 0 Å². The maximum absolute atomic E-state index is 5.60. The molecule has 0 amide bonds. The number of anilines is 1. The third-order valence-corrected chi connectivity index (χ3v) is 4.42. The zero-order valence-corrected chi connectivity index (χ0v) is 10.9. The molecule has 0 saturated heterocycles. The van der Waals surface area contributed by atoms with Crippen LogP contribution in [0.5, 0.6) is 0 Å². The number of nitrogens with one attached hydrogen (secondary N) is 1. The van der Waals surface area contributed by atoms with Crippen LogP contribution in [0.3, 0.4) is 0 Å². The zero-order valence-electron chi connectivity index (χ0n) is 10.1. The lowest BCUT2D eigenvalue weighted by molar-refractivity contribution is 0.784. The number of aryl methyl sites for hydroxylation is 2. The first-order chi connectivity index (χ1) is 8.20. The molecular weight excluding hydrogens is 232 g/mol. The Balaban J connectivity index is 2.30.